The van der Waals surface area contributed by atoms with Crippen LogP contribution in [-0.2, 0) is 11.2 Å². The van der Waals surface area contributed by atoms with Crippen LogP contribution in [0.2, 0.25) is 0 Å². The summed E-state index contributed by atoms with van der Waals surface area (Å²) >= 11 is 0. The van der Waals surface area contributed by atoms with E-state index in [2.05, 4.69) is 37.8 Å². The topological polar surface area (TPSA) is 97.5 Å². The largest absolute Gasteiger partial charge is 0.369 e. The van der Waals surface area contributed by atoms with Crippen LogP contribution in [0.15, 0.2) is 30.3 Å². The van der Waals surface area contributed by atoms with E-state index in [9.17, 15) is 14.4 Å². The SMILES string of the molecule is Cc1c(C(=O)NNC(=O)CCN2CCN(c3ccccc3)CC2)[nH]c2c1C(=O)CCC2. The second-order valence-electron chi connectivity index (χ2n) is 8.17. The lowest BCUT2D eigenvalue weighted by Crippen LogP contribution is -2.48. The maximum Gasteiger partial charge on any atom is 0.286 e. The van der Waals surface area contributed by atoms with Gasteiger partial charge in [0, 0.05) is 62.5 Å². The minimum absolute atomic E-state index is 0.0745. The van der Waals surface area contributed by atoms with Crippen molar-refractivity contribution in [2.24, 2.45) is 0 Å². The van der Waals surface area contributed by atoms with Gasteiger partial charge in [0.25, 0.3) is 5.91 Å². The van der Waals surface area contributed by atoms with Gasteiger partial charge >= 0.3 is 0 Å². The molecule has 2 aliphatic rings. The molecule has 164 valence electrons. The van der Waals surface area contributed by atoms with Gasteiger partial charge in [0.15, 0.2) is 5.78 Å². The monoisotopic (exact) mass is 423 g/mol. The molecule has 3 N–H and O–H groups in total. The van der Waals surface area contributed by atoms with Crippen LogP contribution in [0.1, 0.15) is 51.4 Å². The number of H-pyrrole nitrogens is 1. The van der Waals surface area contributed by atoms with Gasteiger partial charge in [-0.2, -0.15) is 0 Å². The van der Waals surface area contributed by atoms with Gasteiger partial charge < -0.3 is 9.88 Å². The van der Waals surface area contributed by atoms with Gasteiger partial charge in [-0.15, -0.1) is 0 Å². The van der Waals surface area contributed by atoms with Crippen molar-refractivity contribution in [2.45, 2.75) is 32.6 Å². The number of hydrazine groups is 1. The van der Waals surface area contributed by atoms with E-state index in [1.165, 1.54) is 5.69 Å². The van der Waals surface area contributed by atoms with E-state index in [4.69, 9.17) is 0 Å². The molecule has 0 spiro atoms. The van der Waals surface area contributed by atoms with Crippen molar-refractivity contribution in [3.8, 4) is 0 Å². The molecule has 0 atom stereocenters. The number of nitrogens with zero attached hydrogens (tertiary/aromatic N) is 2. The van der Waals surface area contributed by atoms with Crippen LogP contribution < -0.4 is 15.8 Å². The molecule has 0 unspecified atom stereocenters. The number of hydrogen-bond acceptors (Lipinski definition) is 5. The first-order valence-corrected chi connectivity index (χ1v) is 10.9. The first-order valence-electron chi connectivity index (χ1n) is 10.9. The average molecular weight is 424 g/mol. The van der Waals surface area contributed by atoms with E-state index in [0.717, 1.165) is 44.7 Å². The van der Waals surface area contributed by atoms with Crippen LogP contribution >= 0.6 is 0 Å². The normalized spacial score (nSPS) is 16.7. The number of benzene rings is 1. The Hall–Kier alpha value is -3.13. The molecule has 8 nitrogen and oxygen atoms in total. The number of aromatic nitrogens is 1. The average Bonchev–Trinajstić information content (AvgIpc) is 3.14. The zero-order valence-corrected chi connectivity index (χ0v) is 17.9. The summed E-state index contributed by atoms with van der Waals surface area (Å²) in [5, 5.41) is 0. The molecule has 0 saturated carbocycles. The van der Waals surface area contributed by atoms with E-state index >= 15 is 0 Å². The number of piperazine rings is 1. The first-order chi connectivity index (χ1) is 15.0. The van der Waals surface area contributed by atoms with Crippen LogP contribution in [0.4, 0.5) is 5.69 Å². The molecule has 4 rings (SSSR count). The van der Waals surface area contributed by atoms with Crippen LogP contribution in [0.25, 0.3) is 0 Å². The molecule has 1 aliphatic heterocycles. The molecule has 1 aromatic carbocycles. The van der Waals surface area contributed by atoms with Gasteiger partial charge in [-0.05, 0) is 37.5 Å². The van der Waals surface area contributed by atoms with E-state index in [1.54, 1.807) is 6.92 Å². The Balaban J connectivity index is 1.21. The zero-order chi connectivity index (χ0) is 21.8. The highest BCUT2D eigenvalue weighted by molar-refractivity contribution is 6.04. The van der Waals surface area contributed by atoms with Gasteiger partial charge in [0.05, 0.1) is 0 Å². The van der Waals surface area contributed by atoms with Crippen molar-refractivity contribution in [3.05, 3.63) is 52.8 Å². The highest BCUT2D eigenvalue weighted by Gasteiger charge is 2.26. The van der Waals surface area contributed by atoms with Crippen molar-refractivity contribution in [1.29, 1.82) is 0 Å². The summed E-state index contributed by atoms with van der Waals surface area (Å²) in [6.07, 6.45) is 2.38. The third kappa shape index (κ3) is 4.80. The summed E-state index contributed by atoms with van der Waals surface area (Å²) < 4.78 is 0. The van der Waals surface area contributed by atoms with Gasteiger partial charge in [0.1, 0.15) is 5.69 Å². The molecule has 1 aromatic heterocycles. The number of aryl methyl sites for hydroxylation is 1. The molecular formula is C23H29N5O3. The Kier molecular flexibility index (Phi) is 6.36. The fraction of sp³-hybridized carbons (Fsp3) is 0.435. The number of amides is 2. The Morgan fingerprint density at radius 2 is 1.77 bits per heavy atom. The van der Waals surface area contributed by atoms with Crippen LogP contribution in [-0.4, -0.2) is 60.2 Å². The van der Waals surface area contributed by atoms with E-state index in [1.807, 2.05) is 18.2 Å². The quantitative estimate of drug-likeness (QED) is 0.638. The number of Topliss-reactive ketones (excluding diaryl/α,β-unsaturated/α-hetero) is 1. The van der Waals surface area contributed by atoms with Crippen LogP contribution in [0.3, 0.4) is 0 Å². The third-order valence-electron chi connectivity index (χ3n) is 6.13. The van der Waals surface area contributed by atoms with Crippen molar-refractivity contribution in [3.63, 3.8) is 0 Å². The van der Waals surface area contributed by atoms with Crippen molar-refractivity contribution >= 4 is 23.3 Å². The molecule has 1 aliphatic carbocycles. The maximum absolute atomic E-state index is 12.5. The predicted octanol–water partition coefficient (Wildman–Crippen LogP) is 1.82. The number of ketones is 1. The van der Waals surface area contributed by atoms with E-state index in [0.29, 0.717) is 36.2 Å². The number of para-hydroxylation sites is 1. The second-order valence-corrected chi connectivity index (χ2v) is 8.17. The Morgan fingerprint density at radius 1 is 1.03 bits per heavy atom. The van der Waals surface area contributed by atoms with Crippen LogP contribution in [0, 0.1) is 6.92 Å². The molecule has 0 bridgehead atoms. The number of anilines is 1. The van der Waals surface area contributed by atoms with Gasteiger partial charge in [-0.25, -0.2) is 0 Å². The van der Waals surface area contributed by atoms with E-state index in [-0.39, 0.29) is 11.7 Å². The lowest BCUT2D eigenvalue weighted by atomic mass is 9.94. The standard InChI is InChI=1S/C23H29N5O3/c1-16-21-18(8-5-9-19(21)29)24-22(16)23(31)26-25-20(30)10-11-27-12-14-28(15-13-27)17-6-3-2-4-7-17/h2-4,6-7,24H,5,8-15H2,1H3,(H,25,30)(H,26,31). The fourth-order valence-corrected chi connectivity index (χ4v) is 4.38. The van der Waals surface area contributed by atoms with Crippen molar-refractivity contribution in [2.75, 3.05) is 37.6 Å². The van der Waals surface area contributed by atoms with Crippen LogP contribution in [0.5, 0.6) is 0 Å². The smallest absolute Gasteiger partial charge is 0.286 e. The molecule has 0 radical (unpaired) electrons. The fourth-order valence-electron chi connectivity index (χ4n) is 4.38. The number of hydrogen-bond donors (Lipinski definition) is 3. The Morgan fingerprint density at radius 3 is 2.48 bits per heavy atom. The van der Waals surface area contributed by atoms with Crippen molar-refractivity contribution < 1.29 is 14.4 Å². The number of carbonyl (C=O) groups excluding carboxylic acids is 3. The summed E-state index contributed by atoms with van der Waals surface area (Å²) in [5.74, 6) is -0.584. The number of nitrogens with one attached hydrogen (secondary N) is 3. The number of fused-ring (bicyclic) bond motifs is 1. The molecular weight excluding hydrogens is 394 g/mol. The second kappa shape index (κ2) is 9.34. The van der Waals surface area contributed by atoms with Crippen molar-refractivity contribution in [1.82, 2.24) is 20.7 Å². The Bertz CT molecular complexity index is 961. The predicted molar refractivity (Wildman–Crippen MR) is 118 cm³/mol. The number of carbonyl (C=O) groups is 3. The zero-order valence-electron chi connectivity index (χ0n) is 17.9. The first kappa shape index (κ1) is 21.1. The van der Waals surface area contributed by atoms with Gasteiger partial charge in [0.2, 0.25) is 5.91 Å². The lowest BCUT2D eigenvalue weighted by Gasteiger charge is -2.36. The summed E-state index contributed by atoms with van der Waals surface area (Å²) in [7, 11) is 0. The highest BCUT2D eigenvalue weighted by Crippen LogP contribution is 2.26. The van der Waals surface area contributed by atoms with Gasteiger partial charge in [-0.3, -0.25) is 30.1 Å². The number of rotatable bonds is 5. The summed E-state index contributed by atoms with van der Waals surface area (Å²) in [6.45, 7) is 6.07. The molecule has 2 amide bonds. The molecule has 1 saturated heterocycles. The minimum Gasteiger partial charge on any atom is -0.369 e. The lowest BCUT2D eigenvalue weighted by molar-refractivity contribution is -0.122. The third-order valence-corrected chi connectivity index (χ3v) is 6.13. The Labute approximate surface area is 182 Å². The summed E-state index contributed by atoms with van der Waals surface area (Å²) in [4.78, 5) is 44.5. The maximum atomic E-state index is 12.5. The molecule has 8 heteroatoms. The molecule has 31 heavy (non-hydrogen) atoms. The van der Waals surface area contributed by atoms with Gasteiger partial charge in [-0.1, -0.05) is 18.2 Å². The molecule has 2 aromatic rings. The summed E-state index contributed by atoms with van der Waals surface area (Å²) in [6, 6.07) is 10.3. The highest BCUT2D eigenvalue weighted by atomic mass is 16.2. The minimum atomic E-state index is -0.426. The number of aromatic amines is 1. The molecule has 1 fully saturated rings. The van der Waals surface area contributed by atoms with E-state index < -0.39 is 5.91 Å². The summed E-state index contributed by atoms with van der Waals surface area (Å²) in [5.41, 5.74) is 8.65. The molecule has 2 heterocycles.